The number of hydrogen-bond donors (Lipinski definition) is 3. The summed E-state index contributed by atoms with van der Waals surface area (Å²) in [6.07, 6.45) is 2.59. The van der Waals surface area contributed by atoms with Crippen molar-refractivity contribution in [2.45, 2.75) is 32.7 Å². The molecule has 0 unspecified atom stereocenters. The Morgan fingerprint density at radius 1 is 1.07 bits per heavy atom. The number of carbonyl (C=O) groups is 3. The molecule has 9 heteroatoms. The molecule has 1 aromatic heterocycles. The number of rotatable bonds is 7. The first-order valence-corrected chi connectivity index (χ1v) is 9.55. The molecule has 3 N–H and O–H groups in total. The first-order valence-electron chi connectivity index (χ1n) is 9.55. The lowest BCUT2D eigenvalue weighted by atomic mass is 10.1. The largest absolute Gasteiger partial charge is 0.383 e. The normalized spacial score (nSPS) is 12.8. The fourth-order valence-corrected chi connectivity index (χ4v) is 3.28. The summed E-state index contributed by atoms with van der Waals surface area (Å²) in [6, 6.07) is 6.79. The minimum absolute atomic E-state index is 0.165. The summed E-state index contributed by atoms with van der Waals surface area (Å²) in [4.78, 5) is 40.8. The van der Waals surface area contributed by atoms with Gasteiger partial charge in [-0.3, -0.25) is 14.4 Å². The molecular weight excluding hydrogens is 374 g/mol. The Balaban J connectivity index is 1.77. The van der Waals surface area contributed by atoms with E-state index in [1.807, 2.05) is 4.57 Å². The molecule has 3 rings (SSSR count). The van der Waals surface area contributed by atoms with Gasteiger partial charge in [0.15, 0.2) is 5.82 Å². The molecule has 154 valence electrons. The maximum atomic E-state index is 12.8. The fraction of sp³-hybridized carbons (Fsp3) is 0.400. The molecule has 0 saturated carbocycles. The number of imidazole rings is 1. The lowest BCUT2D eigenvalue weighted by Crippen LogP contribution is -2.28. The summed E-state index contributed by atoms with van der Waals surface area (Å²) in [6.45, 7) is 2.87. The number of ether oxygens (including phenoxy) is 1. The summed E-state index contributed by atoms with van der Waals surface area (Å²) in [7, 11) is 1.57. The number of benzene rings is 1. The standard InChI is InChI=1S/C20H25N5O4/c1-13(26)22-14-6-8-15(9-7-14)23-20(28)18-24-17(19(27)21-10-12-29-2)16-5-3-4-11-25(16)18/h6-9H,3-5,10-12H2,1-2H3,(H,21,27)(H,22,26)(H,23,28). The van der Waals surface area contributed by atoms with Crippen LogP contribution >= 0.6 is 0 Å². The van der Waals surface area contributed by atoms with Gasteiger partial charge >= 0.3 is 0 Å². The van der Waals surface area contributed by atoms with Crippen molar-refractivity contribution < 1.29 is 19.1 Å². The molecule has 1 aliphatic rings. The van der Waals surface area contributed by atoms with Gasteiger partial charge < -0.3 is 25.3 Å². The zero-order valence-corrected chi connectivity index (χ0v) is 16.6. The van der Waals surface area contributed by atoms with E-state index in [1.165, 1.54) is 6.92 Å². The zero-order valence-electron chi connectivity index (χ0n) is 16.6. The van der Waals surface area contributed by atoms with Crippen molar-refractivity contribution >= 4 is 29.1 Å². The predicted molar refractivity (Wildman–Crippen MR) is 108 cm³/mol. The number of carbonyl (C=O) groups excluding carboxylic acids is 3. The molecule has 0 radical (unpaired) electrons. The molecule has 1 aromatic carbocycles. The number of amides is 3. The highest BCUT2D eigenvalue weighted by molar-refractivity contribution is 6.04. The summed E-state index contributed by atoms with van der Waals surface area (Å²) in [5.41, 5.74) is 2.30. The molecule has 2 aromatic rings. The third kappa shape index (κ3) is 5.00. The highest BCUT2D eigenvalue weighted by Gasteiger charge is 2.27. The Hall–Kier alpha value is -3.20. The highest BCUT2D eigenvalue weighted by atomic mass is 16.5. The minimum Gasteiger partial charge on any atom is -0.383 e. The third-order valence-corrected chi connectivity index (χ3v) is 4.59. The topological polar surface area (TPSA) is 114 Å². The van der Waals surface area contributed by atoms with E-state index in [1.54, 1.807) is 31.4 Å². The number of aromatic nitrogens is 2. The summed E-state index contributed by atoms with van der Waals surface area (Å²) in [5, 5.41) is 8.25. The second-order valence-electron chi connectivity index (χ2n) is 6.80. The first-order chi connectivity index (χ1) is 14.0. The van der Waals surface area contributed by atoms with Crippen LogP contribution in [0.15, 0.2) is 24.3 Å². The van der Waals surface area contributed by atoms with E-state index in [4.69, 9.17) is 4.74 Å². The summed E-state index contributed by atoms with van der Waals surface area (Å²) < 4.78 is 6.78. The number of fused-ring (bicyclic) bond motifs is 1. The monoisotopic (exact) mass is 399 g/mol. The molecular formula is C20H25N5O4. The fourth-order valence-electron chi connectivity index (χ4n) is 3.28. The molecule has 0 bridgehead atoms. The van der Waals surface area contributed by atoms with Crippen LogP contribution in [0.25, 0.3) is 0 Å². The van der Waals surface area contributed by atoms with Crippen LogP contribution in [0.5, 0.6) is 0 Å². The average molecular weight is 399 g/mol. The zero-order chi connectivity index (χ0) is 20.8. The predicted octanol–water partition coefficient (Wildman–Crippen LogP) is 1.81. The summed E-state index contributed by atoms with van der Waals surface area (Å²) >= 11 is 0. The van der Waals surface area contributed by atoms with E-state index in [0.29, 0.717) is 43.2 Å². The quantitative estimate of drug-likeness (QED) is 0.615. The van der Waals surface area contributed by atoms with Crippen LogP contribution in [0.3, 0.4) is 0 Å². The highest BCUT2D eigenvalue weighted by Crippen LogP contribution is 2.22. The van der Waals surface area contributed by atoms with Crippen molar-refractivity contribution in [2.75, 3.05) is 30.9 Å². The van der Waals surface area contributed by atoms with Gasteiger partial charge in [-0.25, -0.2) is 4.98 Å². The first kappa shape index (κ1) is 20.5. The van der Waals surface area contributed by atoms with Gasteiger partial charge in [0.2, 0.25) is 5.91 Å². The SMILES string of the molecule is COCCNC(=O)c1nc(C(=O)Nc2ccc(NC(C)=O)cc2)n2c1CCCC2. The lowest BCUT2D eigenvalue weighted by molar-refractivity contribution is -0.114. The third-order valence-electron chi connectivity index (χ3n) is 4.59. The van der Waals surface area contributed by atoms with Crippen molar-refractivity contribution in [3.8, 4) is 0 Å². The van der Waals surface area contributed by atoms with Gasteiger partial charge in [-0.05, 0) is 43.5 Å². The van der Waals surface area contributed by atoms with E-state index in [2.05, 4.69) is 20.9 Å². The van der Waals surface area contributed by atoms with Crippen LogP contribution in [-0.4, -0.2) is 47.5 Å². The molecule has 2 heterocycles. The molecule has 1 aliphatic heterocycles. The Morgan fingerprint density at radius 3 is 2.41 bits per heavy atom. The second kappa shape index (κ2) is 9.33. The second-order valence-corrected chi connectivity index (χ2v) is 6.80. The number of hydrogen-bond acceptors (Lipinski definition) is 5. The van der Waals surface area contributed by atoms with Crippen LogP contribution in [0, 0.1) is 0 Å². The molecule has 0 atom stereocenters. The Bertz CT molecular complexity index is 904. The molecule has 0 saturated heterocycles. The van der Waals surface area contributed by atoms with Crippen LogP contribution in [0.2, 0.25) is 0 Å². The Labute approximate surface area is 168 Å². The maximum Gasteiger partial charge on any atom is 0.291 e. The van der Waals surface area contributed by atoms with Crippen molar-refractivity contribution in [3.05, 3.63) is 41.5 Å². The van der Waals surface area contributed by atoms with Gasteiger partial charge in [0.25, 0.3) is 11.8 Å². The number of anilines is 2. The maximum absolute atomic E-state index is 12.8. The van der Waals surface area contributed by atoms with Gasteiger partial charge in [-0.2, -0.15) is 0 Å². The average Bonchev–Trinajstić information content (AvgIpc) is 3.09. The van der Waals surface area contributed by atoms with Crippen molar-refractivity contribution in [1.29, 1.82) is 0 Å². The number of nitrogens with zero attached hydrogens (tertiary/aromatic N) is 2. The van der Waals surface area contributed by atoms with E-state index < -0.39 is 0 Å². The minimum atomic E-state index is -0.378. The molecule has 0 aliphatic carbocycles. The lowest BCUT2D eigenvalue weighted by Gasteiger charge is -2.17. The Morgan fingerprint density at radius 2 is 1.76 bits per heavy atom. The molecule has 9 nitrogen and oxygen atoms in total. The van der Waals surface area contributed by atoms with Crippen LogP contribution in [0.1, 0.15) is 46.6 Å². The van der Waals surface area contributed by atoms with Crippen molar-refractivity contribution in [3.63, 3.8) is 0 Å². The van der Waals surface area contributed by atoms with Crippen LogP contribution < -0.4 is 16.0 Å². The molecule has 0 spiro atoms. The van der Waals surface area contributed by atoms with E-state index >= 15 is 0 Å². The number of nitrogens with one attached hydrogen (secondary N) is 3. The molecule has 0 fully saturated rings. The van der Waals surface area contributed by atoms with E-state index in [9.17, 15) is 14.4 Å². The van der Waals surface area contributed by atoms with Gasteiger partial charge in [0.05, 0.1) is 12.3 Å². The number of methoxy groups -OCH3 is 1. The van der Waals surface area contributed by atoms with E-state index in [0.717, 1.165) is 18.5 Å². The summed E-state index contributed by atoms with van der Waals surface area (Å²) in [5.74, 6) is -0.618. The van der Waals surface area contributed by atoms with Gasteiger partial charge in [-0.1, -0.05) is 0 Å². The molecule has 3 amide bonds. The van der Waals surface area contributed by atoms with E-state index in [-0.39, 0.29) is 23.5 Å². The Kier molecular flexibility index (Phi) is 6.61. The van der Waals surface area contributed by atoms with Crippen molar-refractivity contribution in [1.82, 2.24) is 14.9 Å². The van der Waals surface area contributed by atoms with Crippen LogP contribution in [0.4, 0.5) is 11.4 Å². The van der Waals surface area contributed by atoms with Gasteiger partial charge in [0.1, 0.15) is 5.69 Å². The van der Waals surface area contributed by atoms with Crippen LogP contribution in [-0.2, 0) is 22.5 Å². The van der Waals surface area contributed by atoms with Gasteiger partial charge in [0, 0.05) is 38.5 Å². The van der Waals surface area contributed by atoms with Gasteiger partial charge in [-0.15, -0.1) is 0 Å². The smallest absolute Gasteiger partial charge is 0.291 e. The molecule has 29 heavy (non-hydrogen) atoms. The van der Waals surface area contributed by atoms with Crippen molar-refractivity contribution in [2.24, 2.45) is 0 Å².